The zero-order chi connectivity index (χ0) is 18.6. The van der Waals surface area contributed by atoms with Crippen molar-refractivity contribution in [3.63, 3.8) is 0 Å². The Labute approximate surface area is 157 Å². The quantitative estimate of drug-likeness (QED) is 0.703. The van der Waals surface area contributed by atoms with Crippen LogP contribution in [0.25, 0.3) is 10.8 Å². The molecule has 1 atom stereocenters. The molecule has 0 N–H and O–H groups in total. The Morgan fingerprint density at radius 2 is 1.85 bits per heavy atom. The maximum Gasteiger partial charge on any atom is 0.260 e. The van der Waals surface area contributed by atoms with Crippen molar-refractivity contribution in [1.29, 1.82) is 0 Å². The highest BCUT2D eigenvalue weighted by Crippen LogP contribution is 2.23. The first kappa shape index (κ1) is 17.5. The highest BCUT2D eigenvalue weighted by Gasteiger charge is 2.25. The predicted octanol–water partition coefficient (Wildman–Crippen LogP) is 3.96. The first-order valence-corrected chi connectivity index (χ1v) is 8.95. The van der Waals surface area contributed by atoms with E-state index in [-0.39, 0.29) is 24.4 Å². The van der Waals surface area contributed by atoms with Crippen molar-refractivity contribution in [2.24, 2.45) is 0 Å². The fraction of sp³-hybridized carbons (Fsp3) is 0.227. The van der Waals surface area contributed by atoms with Crippen LogP contribution in [0.15, 0.2) is 66.7 Å². The van der Waals surface area contributed by atoms with Gasteiger partial charge in [0.1, 0.15) is 17.7 Å². The van der Waals surface area contributed by atoms with Gasteiger partial charge in [0.05, 0.1) is 13.2 Å². The third kappa shape index (κ3) is 4.09. The fourth-order valence-electron chi connectivity index (χ4n) is 3.25. The van der Waals surface area contributed by atoms with Gasteiger partial charge in [-0.05, 0) is 40.6 Å². The molecule has 1 fully saturated rings. The van der Waals surface area contributed by atoms with Crippen LogP contribution in [-0.2, 0) is 9.53 Å². The lowest BCUT2D eigenvalue weighted by atomic mass is 10.1. The summed E-state index contributed by atoms with van der Waals surface area (Å²) in [5.41, 5.74) is 0.865. The number of carbonyl (C=O) groups is 1. The number of nitrogens with zero attached hydrogens (tertiary/aromatic N) is 1. The summed E-state index contributed by atoms with van der Waals surface area (Å²) in [6.07, 6.45) is -0.246. The molecule has 0 aliphatic carbocycles. The lowest BCUT2D eigenvalue weighted by molar-refractivity contribution is -0.141. The maximum absolute atomic E-state index is 13.1. The van der Waals surface area contributed by atoms with Crippen LogP contribution in [0.2, 0.25) is 0 Å². The maximum atomic E-state index is 13.1. The Bertz CT molecular complexity index is 942. The van der Waals surface area contributed by atoms with Crippen molar-refractivity contribution in [1.82, 2.24) is 4.90 Å². The number of amides is 1. The number of halogens is 1. The van der Waals surface area contributed by atoms with Crippen LogP contribution in [0.1, 0.15) is 11.7 Å². The van der Waals surface area contributed by atoms with E-state index >= 15 is 0 Å². The normalized spacial score (nSPS) is 17.1. The Hall–Kier alpha value is -2.92. The van der Waals surface area contributed by atoms with E-state index in [4.69, 9.17) is 9.47 Å². The van der Waals surface area contributed by atoms with Crippen LogP contribution in [0, 0.1) is 5.82 Å². The van der Waals surface area contributed by atoms with Crippen LogP contribution in [-0.4, -0.2) is 37.1 Å². The van der Waals surface area contributed by atoms with Gasteiger partial charge in [0.2, 0.25) is 0 Å². The molecule has 1 heterocycles. The van der Waals surface area contributed by atoms with E-state index in [2.05, 4.69) is 0 Å². The SMILES string of the molecule is O=C(COc1ccc2ccccc2c1)N1CCO[C@@H](c2ccc(F)cc2)C1. The van der Waals surface area contributed by atoms with E-state index in [1.165, 1.54) is 12.1 Å². The van der Waals surface area contributed by atoms with E-state index in [1.54, 1.807) is 17.0 Å². The molecular weight excluding hydrogens is 345 g/mol. The third-order valence-electron chi connectivity index (χ3n) is 4.74. The van der Waals surface area contributed by atoms with Crippen molar-refractivity contribution >= 4 is 16.7 Å². The van der Waals surface area contributed by atoms with Crippen molar-refractivity contribution in [2.75, 3.05) is 26.3 Å². The van der Waals surface area contributed by atoms with E-state index in [9.17, 15) is 9.18 Å². The minimum absolute atomic E-state index is 0.0194. The number of hydrogen-bond donors (Lipinski definition) is 0. The molecule has 5 heteroatoms. The standard InChI is InChI=1S/C22H20FNO3/c23-19-8-5-17(6-9-19)21-14-24(11-12-26-21)22(25)15-27-20-10-7-16-3-1-2-4-18(16)13-20/h1-10,13,21H,11-12,14-15H2/t21-/m1/s1. The van der Waals surface area contributed by atoms with E-state index in [1.807, 2.05) is 42.5 Å². The first-order valence-electron chi connectivity index (χ1n) is 8.95. The average molecular weight is 365 g/mol. The molecule has 0 spiro atoms. The first-order chi connectivity index (χ1) is 13.2. The second kappa shape index (κ2) is 7.76. The zero-order valence-corrected chi connectivity index (χ0v) is 14.8. The topological polar surface area (TPSA) is 38.8 Å². The lowest BCUT2D eigenvalue weighted by Gasteiger charge is -2.33. The molecule has 4 nitrogen and oxygen atoms in total. The Balaban J connectivity index is 1.37. The van der Waals surface area contributed by atoms with Gasteiger partial charge in [-0.1, -0.05) is 42.5 Å². The molecule has 3 aromatic rings. The van der Waals surface area contributed by atoms with Crippen molar-refractivity contribution in [3.8, 4) is 5.75 Å². The van der Waals surface area contributed by atoms with Crippen LogP contribution >= 0.6 is 0 Å². The molecule has 3 aromatic carbocycles. The number of hydrogen-bond acceptors (Lipinski definition) is 3. The summed E-state index contributed by atoms with van der Waals surface area (Å²) in [6, 6.07) is 20.0. The van der Waals surface area contributed by atoms with Gasteiger partial charge in [-0.15, -0.1) is 0 Å². The zero-order valence-electron chi connectivity index (χ0n) is 14.8. The number of ether oxygens (including phenoxy) is 2. The number of rotatable bonds is 4. The van der Waals surface area contributed by atoms with Gasteiger partial charge < -0.3 is 14.4 Å². The molecule has 138 valence electrons. The summed E-state index contributed by atoms with van der Waals surface area (Å²) in [5.74, 6) is 0.301. The molecule has 0 radical (unpaired) electrons. The summed E-state index contributed by atoms with van der Waals surface area (Å²) in [6.45, 7) is 1.39. The molecule has 0 aromatic heterocycles. The molecule has 1 saturated heterocycles. The van der Waals surface area contributed by atoms with E-state index in [0.717, 1.165) is 16.3 Å². The van der Waals surface area contributed by atoms with Crippen molar-refractivity contribution in [3.05, 3.63) is 78.1 Å². The van der Waals surface area contributed by atoms with Gasteiger partial charge >= 0.3 is 0 Å². The lowest BCUT2D eigenvalue weighted by Crippen LogP contribution is -2.44. The Morgan fingerprint density at radius 1 is 1.07 bits per heavy atom. The summed E-state index contributed by atoms with van der Waals surface area (Å²) < 4.78 is 24.5. The molecule has 27 heavy (non-hydrogen) atoms. The van der Waals surface area contributed by atoms with E-state index in [0.29, 0.717) is 25.4 Å². The molecule has 4 rings (SSSR count). The van der Waals surface area contributed by atoms with E-state index < -0.39 is 0 Å². The monoisotopic (exact) mass is 365 g/mol. The van der Waals surface area contributed by atoms with Gasteiger partial charge in [-0.3, -0.25) is 4.79 Å². The summed E-state index contributed by atoms with van der Waals surface area (Å²) in [7, 11) is 0. The number of benzene rings is 3. The Morgan fingerprint density at radius 3 is 2.67 bits per heavy atom. The molecule has 1 aliphatic rings. The van der Waals surface area contributed by atoms with Crippen LogP contribution in [0.5, 0.6) is 5.75 Å². The molecular formula is C22H20FNO3. The molecule has 1 aliphatic heterocycles. The molecule has 1 amide bonds. The summed E-state index contributed by atoms with van der Waals surface area (Å²) in [4.78, 5) is 14.3. The second-order valence-electron chi connectivity index (χ2n) is 6.55. The number of carbonyl (C=O) groups excluding carboxylic acids is 1. The average Bonchev–Trinajstić information content (AvgIpc) is 2.72. The molecule has 0 saturated carbocycles. The van der Waals surface area contributed by atoms with Gasteiger partial charge in [0.15, 0.2) is 6.61 Å². The Kier molecular flexibility index (Phi) is 5.03. The second-order valence-corrected chi connectivity index (χ2v) is 6.55. The smallest absolute Gasteiger partial charge is 0.260 e. The minimum atomic E-state index is -0.286. The summed E-state index contributed by atoms with van der Waals surface area (Å²) in [5, 5.41) is 2.21. The minimum Gasteiger partial charge on any atom is -0.484 e. The van der Waals surface area contributed by atoms with Gasteiger partial charge in [0.25, 0.3) is 5.91 Å². The fourth-order valence-corrected chi connectivity index (χ4v) is 3.25. The van der Waals surface area contributed by atoms with Gasteiger partial charge in [0, 0.05) is 6.54 Å². The van der Waals surface area contributed by atoms with Crippen LogP contribution in [0.4, 0.5) is 4.39 Å². The van der Waals surface area contributed by atoms with Gasteiger partial charge in [-0.25, -0.2) is 4.39 Å². The van der Waals surface area contributed by atoms with Crippen molar-refractivity contribution < 1.29 is 18.7 Å². The van der Waals surface area contributed by atoms with Crippen LogP contribution in [0.3, 0.4) is 0 Å². The summed E-state index contributed by atoms with van der Waals surface area (Å²) >= 11 is 0. The molecule has 0 unspecified atom stereocenters. The number of fused-ring (bicyclic) bond motifs is 1. The highest BCUT2D eigenvalue weighted by atomic mass is 19.1. The van der Waals surface area contributed by atoms with Crippen LogP contribution < -0.4 is 4.74 Å². The largest absolute Gasteiger partial charge is 0.484 e. The predicted molar refractivity (Wildman–Crippen MR) is 101 cm³/mol. The number of morpholine rings is 1. The third-order valence-corrected chi connectivity index (χ3v) is 4.74. The highest BCUT2D eigenvalue weighted by molar-refractivity contribution is 5.84. The van der Waals surface area contributed by atoms with Gasteiger partial charge in [-0.2, -0.15) is 0 Å². The molecule has 0 bridgehead atoms. The van der Waals surface area contributed by atoms with Crippen molar-refractivity contribution in [2.45, 2.75) is 6.10 Å².